The third kappa shape index (κ3) is 40.1. The van der Waals surface area contributed by atoms with E-state index < -0.39 is 171 Å². The van der Waals surface area contributed by atoms with Gasteiger partial charge in [-0.2, -0.15) is 5.26 Å². The fourth-order valence-corrected chi connectivity index (χ4v) is 11.2. The molecular weight excluding hydrogens is 1800 g/mol. The van der Waals surface area contributed by atoms with Crippen LogP contribution in [0.2, 0.25) is 0 Å². The van der Waals surface area contributed by atoms with Gasteiger partial charge >= 0.3 is 76.1 Å². The SMILES string of the molecule is CC[C@H]1OC(OC(C)=O)[C@@H](OC(C)=O)[C@@H](OC(C)=O)[C@@H]1C.CC[C@H]1O[C@@H](O)[C@@H](OC(C)=O)[C@@H](OC(C)=O)[C@@H]1C.CC[C@H]1O[C@@H](OC(=N)C(Cl)(Cl)Cl)[C@@H](OC(C)=O)[C@@H](OC(C)=O)[C@@H]1C.CC[C@H]1O[C@H](Br)[C@@H](OC(C)=O)[C@@H](OC(C)=O)[C@@H]1C.N#CC(Cl)(Cl)Cl.O=[C-]OO.OC[C@H]1OC(O)[C@@H](O)[C@@H](O)[C@@H]1O.[Ag+].[Ag]. The monoisotopic (exact) mass is 1890 g/mol. The Balaban J connectivity index is -0.000000591. The van der Waals surface area contributed by atoms with Gasteiger partial charge in [-0.15, -0.1) is 0 Å². The van der Waals surface area contributed by atoms with Crippen LogP contribution in [0, 0.1) is 40.4 Å². The maximum atomic E-state index is 11.4. The summed E-state index contributed by atoms with van der Waals surface area (Å²) in [7, 11) is 0. The number of halogens is 7. The Morgan fingerprint density at radius 1 is 0.448 bits per heavy atom. The molecule has 44 heteroatoms. The number of carbonyl (C=O) groups is 9. The first-order valence-corrected chi connectivity index (χ1v) is 34.6. The van der Waals surface area contributed by atoms with Crippen molar-refractivity contribution >= 4 is 152 Å². The van der Waals surface area contributed by atoms with Crippen molar-refractivity contribution in [3.8, 4) is 6.07 Å². The Kier molecular flexibility index (Phi) is 55.4. The molecule has 105 heavy (non-hydrogen) atoms. The minimum atomic E-state index is -2.11. The summed E-state index contributed by atoms with van der Waals surface area (Å²) in [5, 5.41) is 76.4. The number of aliphatic hydroxyl groups excluding tert-OH is 6. The molecule has 1 radical (unpaired) electrons. The predicted molar refractivity (Wildman–Crippen MR) is 360 cm³/mol. The summed E-state index contributed by atoms with van der Waals surface area (Å²) in [4.78, 5) is 112. The summed E-state index contributed by atoms with van der Waals surface area (Å²) in [6, 6.07) is 1.40. The molecule has 0 aromatic rings. The van der Waals surface area contributed by atoms with Crippen molar-refractivity contribution in [3.05, 3.63) is 0 Å². The maximum absolute atomic E-state index is 11.4. The number of nitriles is 1. The van der Waals surface area contributed by atoms with Gasteiger partial charge in [0.25, 0.3) is 7.59 Å². The van der Waals surface area contributed by atoms with Crippen molar-refractivity contribution in [1.29, 1.82) is 10.7 Å². The van der Waals surface area contributed by atoms with Crippen molar-refractivity contribution in [3.63, 3.8) is 0 Å². The Hall–Kier alpha value is -3.12. The number of rotatable bonds is 16. The van der Waals surface area contributed by atoms with Crippen LogP contribution in [0.25, 0.3) is 0 Å². The summed E-state index contributed by atoms with van der Waals surface area (Å²) in [6.07, 6.45) is -15.3. The Morgan fingerprint density at radius 2 is 0.705 bits per heavy atom. The van der Waals surface area contributed by atoms with Gasteiger partial charge in [0, 0.05) is 108 Å². The molecule has 0 aromatic carbocycles. The van der Waals surface area contributed by atoms with Crippen molar-refractivity contribution in [2.75, 3.05) is 6.61 Å². The van der Waals surface area contributed by atoms with E-state index in [1.807, 2.05) is 48.5 Å². The molecule has 0 aromatic heterocycles. The van der Waals surface area contributed by atoms with Crippen molar-refractivity contribution in [2.24, 2.45) is 23.7 Å². The largest absolute Gasteiger partial charge is 1.00 e. The molecule has 0 spiro atoms. The summed E-state index contributed by atoms with van der Waals surface area (Å²) < 4.78 is 75.1. The zero-order valence-corrected chi connectivity index (χ0v) is 69.0. The molecule has 25 atom stereocenters. The first kappa shape index (κ1) is 108. The topological polar surface area (TPSA) is 508 Å². The van der Waals surface area contributed by atoms with Gasteiger partial charge in [-0.1, -0.05) is 141 Å². The second kappa shape index (κ2) is 53.7. The number of nitrogens with one attached hydrogen (secondary N) is 1. The molecule has 5 aliphatic heterocycles. The molecule has 0 amide bonds. The summed E-state index contributed by atoms with van der Waals surface area (Å²) in [5.41, 5.74) is 0. The van der Waals surface area contributed by atoms with E-state index in [-0.39, 0.29) is 98.8 Å². The molecule has 5 aliphatic rings. The second-order valence-electron chi connectivity index (χ2n) is 22.9. The van der Waals surface area contributed by atoms with E-state index in [9.17, 15) is 48.3 Å². The van der Waals surface area contributed by atoms with Gasteiger partial charge < -0.3 is 111 Å². The quantitative estimate of drug-likeness (QED) is 0.0116. The summed E-state index contributed by atoms with van der Waals surface area (Å²) in [5.74, 6) is -6.01. The minimum absolute atomic E-state index is 0. The van der Waals surface area contributed by atoms with Crippen LogP contribution < -0.4 is 0 Å². The third-order valence-electron chi connectivity index (χ3n) is 14.9. The maximum Gasteiger partial charge on any atom is 1.00 e. The number of nitrogens with zero attached hydrogens (tertiary/aromatic N) is 1. The molecule has 5 saturated heterocycles. The van der Waals surface area contributed by atoms with Crippen LogP contribution >= 0.6 is 85.5 Å². The summed E-state index contributed by atoms with van der Waals surface area (Å²) >= 11 is 34.8. The molecule has 5 heterocycles. The van der Waals surface area contributed by atoms with Crippen LogP contribution in [-0.4, -0.2) is 244 Å². The van der Waals surface area contributed by atoms with Gasteiger partial charge in [-0.25, -0.2) is 5.26 Å². The van der Waals surface area contributed by atoms with E-state index in [4.69, 9.17) is 182 Å². The molecular formula is C61H94Ag2BrCl6N2O33. The number of aliphatic hydroxyl groups is 6. The fourth-order valence-electron chi connectivity index (χ4n) is 10.4. The number of hydrogen-bond acceptors (Lipinski definition) is 35. The molecule has 5 rings (SSSR count). The first-order valence-electron chi connectivity index (χ1n) is 31.5. The van der Waals surface area contributed by atoms with Gasteiger partial charge in [0.1, 0.15) is 54.9 Å². The number of alkyl halides is 7. The Labute approximate surface area is 677 Å². The molecule has 8 N–H and O–H groups in total. The van der Waals surface area contributed by atoms with Crippen molar-refractivity contribution < 1.29 is 205 Å². The van der Waals surface area contributed by atoms with Crippen molar-refractivity contribution in [2.45, 2.75) is 279 Å². The van der Waals surface area contributed by atoms with E-state index in [2.05, 4.69) is 25.6 Å². The van der Waals surface area contributed by atoms with E-state index in [1.54, 1.807) is 6.92 Å². The molecule has 0 aliphatic carbocycles. The zero-order chi connectivity index (χ0) is 80.5. The van der Waals surface area contributed by atoms with Crippen LogP contribution in [0.3, 0.4) is 0 Å². The zero-order valence-electron chi connectivity index (χ0n) is 59.9. The van der Waals surface area contributed by atoms with Crippen molar-refractivity contribution in [1.82, 2.24) is 0 Å². The van der Waals surface area contributed by atoms with Crippen LogP contribution in [0.5, 0.6) is 0 Å². The number of hydrogen-bond donors (Lipinski definition) is 8. The van der Waals surface area contributed by atoms with Gasteiger partial charge in [0.15, 0.2) is 29.8 Å². The smallest absolute Gasteiger partial charge is 0.509 e. The standard InChI is InChI=1S/C14H20Cl3NO6.C14H22O7.C12H19BrO5.C12H20O6.C6H12O6.C2Cl3N.CHO3.2Ag/c1-5-9-6(2)10(21-7(3)19)11(22-8(4)20)12(23-9)24-13(18)14(15,16)17;1-6-11-7(2)12(18-8(3)15)13(19-9(4)16)14(21-11)20-10(5)17;1-5-9-6(2)10(16-7(3)14)11(12(13)18-9)17-8(4)15;1-5-9-6(2)10(16-7(3)13)11(12(15)18-9)17-8(4)14;7-1-2-3(8)4(9)5(10)6(11)12-2;3-2(4,5)1-6;2-1-4-3;;/h6,9-12,18H,5H2,1-4H3;7,11-14H,6H2,1-5H3;6,9-12H,5H2,1-4H3;6,9-12,15H,5H2,1-4H3;2-11H,1H2;;3H;;/q;;;;;;-1;;+1/t6-,9-,10+,11+,12+;7-,11-,12+,13+,14?;6-,9-,10+,11+,12+;6-,9-,10+,11+,12-;2-,3-,4+,5+,6?;;;;/m11111..../s1. The predicted octanol–water partition coefficient (Wildman–Crippen LogP) is 4.99. The molecule has 5 fully saturated rings. The Morgan fingerprint density at radius 3 is 0.990 bits per heavy atom. The average Bonchev–Trinajstić information content (AvgIpc) is 0.813. The molecule has 617 valence electrons. The normalized spacial score (nSPS) is 32.1. The van der Waals surface area contributed by atoms with E-state index in [0.29, 0.717) is 19.3 Å². The number of ether oxygens (including phenoxy) is 15. The van der Waals surface area contributed by atoms with Gasteiger partial charge in [-0.3, -0.25) is 48.6 Å². The molecule has 35 nitrogen and oxygen atoms in total. The second-order valence-corrected chi connectivity index (χ2v) is 28.4. The number of esters is 9. The first-order chi connectivity index (χ1) is 47.5. The van der Waals surface area contributed by atoms with Gasteiger partial charge in [-0.05, 0) is 32.2 Å². The molecule has 2 unspecified atom stereocenters. The van der Waals surface area contributed by atoms with Crippen LogP contribution in [0.15, 0.2) is 0 Å². The minimum Gasteiger partial charge on any atom is -0.509 e. The molecule has 0 saturated carbocycles. The fraction of sp³-hybridized carbons (Fsp3) is 0.803. The van der Waals surface area contributed by atoms with Gasteiger partial charge in [0.05, 0.1) is 31.0 Å². The van der Waals surface area contributed by atoms with Crippen LogP contribution in [0.1, 0.15) is 143 Å². The average molecular weight is 1890 g/mol. The van der Waals surface area contributed by atoms with Crippen LogP contribution in [0.4, 0.5) is 0 Å². The van der Waals surface area contributed by atoms with Gasteiger partial charge in [0.2, 0.25) is 30.7 Å². The third-order valence-corrected chi connectivity index (χ3v) is 16.4. The summed E-state index contributed by atoms with van der Waals surface area (Å²) in [6.45, 7) is 26.6. The molecule has 0 bridgehead atoms. The number of carbonyl (C=O) groups excluding carboxylic acids is 10. The van der Waals surface area contributed by atoms with Crippen LogP contribution in [-0.2, 0) is 169 Å². The van der Waals surface area contributed by atoms with E-state index in [0.717, 1.165) is 12.9 Å². The van der Waals surface area contributed by atoms with E-state index >= 15 is 0 Å². The van der Waals surface area contributed by atoms with E-state index in [1.165, 1.54) is 68.4 Å². The Bertz CT molecular complexity index is 2660.